The third-order valence-corrected chi connectivity index (χ3v) is 5.34. The molecule has 118 valence electrons. The Hall–Kier alpha value is -1.45. The van der Waals surface area contributed by atoms with Crippen LogP contribution in [0.2, 0.25) is 0 Å². The van der Waals surface area contributed by atoms with Crippen molar-refractivity contribution in [3.8, 4) is 0 Å². The number of aromatic nitrogens is 2. The number of nitrogens with two attached hydrogens (primary N) is 1. The Kier molecular flexibility index (Phi) is 4.64. The van der Waals surface area contributed by atoms with E-state index in [9.17, 15) is 13.2 Å². The Balaban J connectivity index is 2.05. The predicted octanol–water partition coefficient (Wildman–Crippen LogP) is -0.634. The van der Waals surface area contributed by atoms with Gasteiger partial charge in [0.2, 0.25) is 5.91 Å². The molecule has 1 fully saturated rings. The van der Waals surface area contributed by atoms with E-state index >= 15 is 0 Å². The molecule has 0 aliphatic carbocycles. The Morgan fingerprint density at radius 1 is 1.52 bits per heavy atom. The van der Waals surface area contributed by atoms with Gasteiger partial charge in [-0.1, -0.05) is 0 Å². The topological polar surface area (TPSA) is 116 Å². The summed E-state index contributed by atoms with van der Waals surface area (Å²) in [6.07, 6.45) is 0.593. The van der Waals surface area contributed by atoms with Crippen molar-refractivity contribution in [2.24, 2.45) is 5.73 Å². The van der Waals surface area contributed by atoms with Gasteiger partial charge in [-0.05, 0) is 20.3 Å². The van der Waals surface area contributed by atoms with E-state index in [0.717, 1.165) is 17.0 Å². The molecule has 1 saturated heterocycles. The summed E-state index contributed by atoms with van der Waals surface area (Å²) in [6, 6.07) is -0.103. The summed E-state index contributed by atoms with van der Waals surface area (Å²) in [4.78, 5) is 15.5. The summed E-state index contributed by atoms with van der Waals surface area (Å²) in [5.41, 5.74) is 10.3. The van der Waals surface area contributed by atoms with Crippen LogP contribution in [0.25, 0.3) is 0 Å². The first-order valence-corrected chi connectivity index (χ1v) is 8.50. The van der Waals surface area contributed by atoms with Crippen molar-refractivity contribution >= 4 is 15.7 Å². The number of carbonyl (C=O) groups excluding carboxylic acids is 1. The number of nitrogens with one attached hydrogen (secondary N) is 1. The molecule has 0 aromatic carbocycles. The standard InChI is InChI=1S/C12H20N4O4S/c1-8-11(5-14-20-6-12(13)17)9(2)16(15-8)10-3-4-21(18,19)7-10/h10,14H,3-7H2,1-2H3,(H2,13,17). The Morgan fingerprint density at radius 2 is 2.24 bits per heavy atom. The molecule has 1 aromatic rings. The van der Waals surface area contributed by atoms with Gasteiger partial charge in [0.25, 0.3) is 0 Å². The average molecular weight is 316 g/mol. The molecule has 1 amide bonds. The van der Waals surface area contributed by atoms with E-state index in [1.807, 2.05) is 13.8 Å². The first kappa shape index (κ1) is 15.9. The van der Waals surface area contributed by atoms with Gasteiger partial charge in [0.1, 0.15) is 6.61 Å². The highest BCUT2D eigenvalue weighted by molar-refractivity contribution is 7.91. The molecule has 1 unspecified atom stereocenters. The van der Waals surface area contributed by atoms with Gasteiger partial charge in [-0.15, -0.1) is 0 Å². The van der Waals surface area contributed by atoms with Crippen molar-refractivity contribution in [1.29, 1.82) is 0 Å². The Bertz CT molecular complexity index is 638. The number of primary amides is 1. The maximum absolute atomic E-state index is 11.6. The van der Waals surface area contributed by atoms with E-state index in [-0.39, 0.29) is 24.2 Å². The van der Waals surface area contributed by atoms with Crippen LogP contribution in [-0.4, -0.2) is 42.2 Å². The van der Waals surface area contributed by atoms with Gasteiger partial charge in [0.15, 0.2) is 9.84 Å². The van der Waals surface area contributed by atoms with E-state index < -0.39 is 15.7 Å². The smallest absolute Gasteiger partial charge is 0.245 e. The molecule has 1 atom stereocenters. The minimum atomic E-state index is -2.95. The van der Waals surface area contributed by atoms with Gasteiger partial charge >= 0.3 is 0 Å². The number of hydroxylamine groups is 1. The highest BCUT2D eigenvalue weighted by Gasteiger charge is 2.31. The highest BCUT2D eigenvalue weighted by Crippen LogP contribution is 2.26. The van der Waals surface area contributed by atoms with Gasteiger partial charge in [0.05, 0.1) is 23.2 Å². The van der Waals surface area contributed by atoms with Crippen molar-refractivity contribution in [2.75, 3.05) is 18.1 Å². The lowest BCUT2D eigenvalue weighted by atomic mass is 10.2. The van der Waals surface area contributed by atoms with E-state index in [1.165, 1.54) is 0 Å². The van der Waals surface area contributed by atoms with E-state index in [1.54, 1.807) is 4.68 Å². The molecule has 9 heteroatoms. The normalized spacial score (nSPS) is 20.8. The largest absolute Gasteiger partial charge is 0.368 e. The third kappa shape index (κ3) is 3.80. The summed E-state index contributed by atoms with van der Waals surface area (Å²) in [5.74, 6) is -0.200. The number of carbonyl (C=O) groups is 1. The fourth-order valence-electron chi connectivity index (χ4n) is 2.52. The monoisotopic (exact) mass is 316 g/mol. The zero-order valence-corrected chi connectivity index (χ0v) is 12.9. The summed E-state index contributed by atoms with van der Waals surface area (Å²) < 4.78 is 24.9. The Morgan fingerprint density at radius 3 is 2.81 bits per heavy atom. The number of sulfone groups is 1. The second-order valence-corrected chi connectivity index (χ2v) is 7.46. The van der Waals surface area contributed by atoms with E-state index in [0.29, 0.717) is 13.0 Å². The molecule has 0 spiro atoms. The van der Waals surface area contributed by atoms with Crippen molar-refractivity contribution < 1.29 is 18.0 Å². The van der Waals surface area contributed by atoms with Crippen LogP contribution < -0.4 is 11.2 Å². The van der Waals surface area contributed by atoms with Crippen LogP contribution in [-0.2, 0) is 26.0 Å². The van der Waals surface area contributed by atoms with Crippen LogP contribution >= 0.6 is 0 Å². The zero-order chi connectivity index (χ0) is 15.6. The van der Waals surface area contributed by atoms with Gasteiger partial charge in [-0.2, -0.15) is 10.6 Å². The number of rotatable bonds is 6. The van der Waals surface area contributed by atoms with Crippen LogP contribution in [0, 0.1) is 13.8 Å². The lowest BCUT2D eigenvalue weighted by Gasteiger charge is -2.11. The molecular formula is C12H20N4O4S. The predicted molar refractivity (Wildman–Crippen MR) is 76.0 cm³/mol. The third-order valence-electron chi connectivity index (χ3n) is 3.59. The maximum Gasteiger partial charge on any atom is 0.245 e. The first-order valence-electron chi connectivity index (χ1n) is 6.68. The minimum absolute atomic E-state index is 0.103. The molecule has 1 aliphatic rings. The number of nitrogens with zero attached hydrogens (tertiary/aromatic N) is 2. The molecule has 2 rings (SSSR count). The number of amides is 1. The van der Waals surface area contributed by atoms with E-state index in [4.69, 9.17) is 10.6 Å². The van der Waals surface area contributed by atoms with Crippen molar-refractivity contribution in [3.63, 3.8) is 0 Å². The summed E-state index contributed by atoms with van der Waals surface area (Å²) in [7, 11) is -2.95. The SMILES string of the molecule is Cc1nn(C2CCS(=O)(=O)C2)c(C)c1CNOCC(N)=O. The summed E-state index contributed by atoms with van der Waals surface area (Å²) in [5, 5.41) is 4.44. The lowest BCUT2D eigenvalue weighted by molar-refractivity contribution is -0.125. The fourth-order valence-corrected chi connectivity index (χ4v) is 4.21. The second kappa shape index (κ2) is 6.12. The maximum atomic E-state index is 11.6. The molecular weight excluding hydrogens is 296 g/mol. The zero-order valence-electron chi connectivity index (χ0n) is 12.1. The molecule has 0 bridgehead atoms. The summed E-state index contributed by atoms with van der Waals surface area (Å²) in [6.45, 7) is 3.94. The minimum Gasteiger partial charge on any atom is -0.368 e. The molecule has 3 N–H and O–H groups in total. The van der Waals surface area contributed by atoms with Gasteiger partial charge in [0, 0.05) is 17.8 Å². The highest BCUT2D eigenvalue weighted by atomic mass is 32.2. The van der Waals surface area contributed by atoms with Crippen molar-refractivity contribution in [3.05, 3.63) is 17.0 Å². The average Bonchev–Trinajstić information content (AvgIpc) is 2.87. The van der Waals surface area contributed by atoms with Crippen LogP contribution in [0.1, 0.15) is 29.4 Å². The summed E-state index contributed by atoms with van der Waals surface area (Å²) >= 11 is 0. The molecule has 8 nitrogen and oxygen atoms in total. The van der Waals surface area contributed by atoms with Crippen LogP contribution in [0.4, 0.5) is 0 Å². The number of hydrogen-bond donors (Lipinski definition) is 2. The van der Waals surface area contributed by atoms with Crippen molar-refractivity contribution in [2.45, 2.75) is 32.9 Å². The Labute approximate surface area is 123 Å². The molecule has 21 heavy (non-hydrogen) atoms. The number of hydrogen-bond acceptors (Lipinski definition) is 6. The van der Waals surface area contributed by atoms with Gasteiger partial charge < -0.3 is 5.73 Å². The van der Waals surface area contributed by atoms with Gasteiger partial charge in [-0.25, -0.2) is 8.42 Å². The quantitative estimate of drug-likeness (QED) is 0.533. The van der Waals surface area contributed by atoms with Crippen LogP contribution in [0.3, 0.4) is 0 Å². The lowest BCUT2D eigenvalue weighted by Crippen LogP contribution is -2.24. The van der Waals surface area contributed by atoms with E-state index in [2.05, 4.69) is 10.6 Å². The van der Waals surface area contributed by atoms with Crippen molar-refractivity contribution in [1.82, 2.24) is 15.3 Å². The van der Waals surface area contributed by atoms with Crippen LogP contribution in [0.15, 0.2) is 0 Å². The molecule has 0 radical (unpaired) electrons. The first-order chi connectivity index (χ1) is 9.80. The molecule has 0 saturated carbocycles. The van der Waals surface area contributed by atoms with Crippen LogP contribution in [0.5, 0.6) is 0 Å². The molecule has 1 aromatic heterocycles. The second-order valence-electron chi connectivity index (χ2n) is 5.23. The number of aryl methyl sites for hydroxylation is 1. The molecule has 2 heterocycles. The fraction of sp³-hybridized carbons (Fsp3) is 0.667. The van der Waals surface area contributed by atoms with Gasteiger partial charge in [-0.3, -0.25) is 14.3 Å². The molecule has 1 aliphatic heterocycles.